The Hall–Kier alpha value is -0.940. The Labute approximate surface area is 103 Å². The van der Waals surface area contributed by atoms with E-state index in [0.29, 0.717) is 5.92 Å². The highest BCUT2D eigenvalue weighted by Crippen LogP contribution is 2.22. The predicted octanol–water partition coefficient (Wildman–Crippen LogP) is 3.10. The number of hydrogen-bond donors (Lipinski definition) is 1. The second-order valence-electron chi connectivity index (χ2n) is 4.06. The molecule has 1 aromatic carbocycles. The summed E-state index contributed by atoms with van der Waals surface area (Å²) in [6.07, 6.45) is 0. The molecule has 0 radical (unpaired) electrons. The molecule has 0 fully saturated rings. The summed E-state index contributed by atoms with van der Waals surface area (Å²) in [7, 11) is 0. The highest BCUT2D eigenvalue weighted by atomic mass is 79.9. The summed E-state index contributed by atoms with van der Waals surface area (Å²) < 4.78 is 0.776. The summed E-state index contributed by atoms with van der Waals surface area (Å²) in [4.78, 5) is 10.1. The highest BCUT2D eigenvalue weighted by Gasteiger charge is 2.08. The molecule has 0 unspecified atom stereocenters. The zero-order chi connectivity index (χ0) is 12.1. The van der Waals surface area contributed by atoms with Crippen LogP contribution in [-0.4, -0.2) is 11.5 Å². The van der Waals surface area contributed by atoms with Crippen molar-refractivity contribution in [3.05, 3.63) is 38.3 Å². The third kappa shape index (κ3) is 3.90. The fourth-order valence-electron chi connectivity index (χ4n) is 1.29. The third-order valence-electron chi connectivity index (χ3n) is 2.12. The van der Waals surface area contributed by atoms with Crippen LogP contribution >= 0.6 is 15.9 Å². The Morgan fingerprint density at radius 3 is 2.69 bits per heavy atom. The number of nitrogens with one attached hydrogen (secondary N) is 1. The maximum Gasteiger partial charge on any atom is 0.270 e. The van der Waals surface area contributed by atoms with Gasteiger partial charge in [-0.1, -0.05) is 29.8 Å². The van der Waals surface area contributed by atoms with Crippen molar-refractivity contribution < 1.29 is 4.92 Å². The van der Waals surface area contributed by atoms with E-state index in [-0.39, 0.29) is 5.69 Å². The van der Waals surface area contributed by atoms with E-state index in [1.807, 2.05) is 0 Å². The Bertz CT molecular complexity index is 380. The molecular weight excluding hydrogens is 272 g/mol. The Morgan fingerprint density at radius 2 is 2.19 bits per heavy atom. The molecule has 0 aliphatic carbocycles. The lowest BCUT2D eigenvalue weighted by Gasteiger charge is -2.08. The van der Waals surface area contributed by atoms with Crippen LogP contribution in [-0.2, 0) is 6.54 Å². The molecule has 5 heteroatoms. The largest absolute Gasteiger partial charge is 0.312 e. The van der Waals surface area contributed by atoms with Crippen LogP contribution in [0.5, 0.6) is 0 Å². The van der Waals surface area contributed by atoms with Crippen molar-refractivity contribution in [2.24, 2.45) is 5.92 Å². The van der Waals surface area contributed by atoms with E-state index in [9.17, 15) is 10.1 Å². The molecule has 0 aromatic heterocycles. The van der Waals surface area contributed by atoms with E-state index in [4.69, 9.17) is 0 Å². The average molecular weight is 287 g/mol. The molecule has 16 heavy (non-hydrogen) atoms. The molecule has 88 valence electrons. The number of non-ortho nitro benzene ring substituents is 1. The number of rotatable bonds is 5. The second-order valence-corrected chi connectivity index (χ2v) is 4.91. The van der Waals surface area contributed by atoms with E-state index in [1.165, 1.54) is 12.1 Å². The smallest absolute Gasteiger partial charge is 0.270 e. The van der Waals surface area contributed by atoms with Gasteiger partial charge in [-0.15, -0.1) is 0 Å². The lowest BCUT2D eigenvalue weighted by atomic mass is 10.2. The first-order valence-corrected chi connectivity index (χ1v) is 5.93. The topological polar surface area (TPSA) is 55.2 Å². The quantitative estimate of drug-likeness (QED) is 0.668. The average Bonchev–Trinajstić information content (AvgIpc) is 2.19. The molecule has 0 atom stereocenters. The first kappa shape index (κ1) is 13.1. The maximum absolute atomic E-state index is 10.5. The number of nitrogens with zero attached hydrogens (tertiary/aromatic N) is 1. The summed E-state index contributed by atoms with van der Waals surface area (Å²) in [5.74, 6) is 0.594. The first-order chi connectivity index (χ1) is 7.50. The molecule has 0 amide bonds. The minimum absolute atomic E-state index is 0.111. The molecule has 0 aliphatic heterocycles. The highest BCUT2D eigenvalue weighted by molar-refractivity contribution is 9.10. The van der Waals surface area contributed by atoms with Gasteiger partial charge in [-0.2, -0.15) is 0 Å². The summed E-state index contributed by atoms with van der Waals surface area (Å²) in [6.45, 7) is 5.93. The number of benzene rings is 1. The van der Waals surface area contributed by atoms with E-state index in [2.05, 4.69) is 35.1 Å². The van der Waals surface area contributed by atoms with Gasteiger partial charge < -0.3 is 5.32 Å². The van der Waals surface area contributed by atoms with Crippen LogP contribution in [0, 0.1) is 16.0 Å². The number of hydrogen-bond acceptors (Lipinski definition) is 3. The molecule has 4 nitrogen and oxygen atoms in total. The number of nitro benzene ring substituents is 1. The van der Waals surface area contributed by atoms with Gasteiger partial charge in [0.1, 0.15) is 0 Å². The van der Waals surface area contributed by atoms with Gasteiger partial charge in [-0.3, -0.25) is 10.1 Å². The predicted molar refractivity (Wildman–Crippen MR) is 67.3 cm³/mol. The van der Waals surface area contributed by atoms with E-state index < -0.39 is 4.92 Å². The summed E-state index contributed by atoms with van der Waals surface area (Å²) in [5.41, 5.74) is 1.14. The molecule has 1 aromatic rings. The molecule has 0 heterocycles. The van der Waals surface area contributed by atoms with Crippen molar-refractivity contribution in [3.8, 4) is 0 Å². The van der Waals surface area contributed by atoms with Crippen molar-refractivity contribution in [2.45, 2.75) is 20.4 Å². The van der Waals surface area contributed by atoms with Crippen molar-refractivity contribution in [1.29, 1.82) is 0 Å². The molecule has 0 saturated heterocycles. The second kappa shape index (κ2) is 5.96. The standard InChI is InChI=1S/C11H15BrN2O2/c1-8(2)6-13-7-9-3-4-10(14(15)16)5-11(9)12/h3-5,8,13H,6-7H2,1-2H3. The SMILES string of the molecule is CC(C)CNCc1ccc([N+](=O)[O-])cc1Br. The van der Waals surface area contributed by atoms with Gasteiger partial charge in [-0.05, 0) is 24.1 Å². The molecular formula is C11H15BrN2O2. The van der Waals surface area contributed by atoms with Gasteiger partial charge in [-0.25, -0.2) is 0 Å². The van der Waals surface area contributed by atoms with Gasteiger partial charge in [0, 0.05) is 23.2 Å². The molecule has 1 N–H and O–H groups in total. The number of halogens is 1. The Balaban J connectivity index is 2.64. The van der Waals surface area contributed by atoms with Crippen LogP contribution in [0.25, 0.3) is 0 Å². The summed E-state index contributed by atoms with van der Waals surface area (Å²) in [5, 5.41) is 13.8. The lowest BCUT2D eigenvalue weighted by molar-refractivity contribution is -0.384. The van der Waals surface area contributed by atoms with Crippen molar-refractivity contribution in [2.75, 3.05) is 6.54 Å². The van der Waals surface area contributed by atoms with Crippen LogP contribution in [0.15, 0.2) is 22.7 Å². The zero-order valence-electron chi connectivity index (χ0n) is 9.37. The minimum Gasteiger partial charge on any atom is -0.312 e. The van der Waals surface area contributed by atoms with Crippen molar-refractivity contribution >= 4 is 21.6 Å². The molecule has 0 bridgehead atoms. The fourth-order valence-corrected chi connectivity index (χ4v) is 1.80. The molecule has 1 rings (SSSR count). The van der Waals surface area contributed by atoms with Crippen LogP contribution < -0.4 is 5.32 Å². The van der Waals surface area contributed by atoms with Crippen molar-refractivity contribution in [1.82, 2.24) is 5.32 Å². The minimum atomic E-state index is -0.393. The fraction of sp³-hybridized carbons (Fsp3) is 0.455. The van der Waals surface area contributed by atoms with Crippen LogP contribution in [0.1, 0.15) is 19.4 Å². The lowest BCUT2D eigenvalue weighted by Crippen LogP contribution is -2.19. The van der Waals surface area contributed by atoms with Crippen LogP contribution in [0.3, 0.4) is 0 Å². The molecule has 0 saturated carbocycles. The van der Waals surface area contributed by atoms with Gasteiger partial charge in [0.05, 0.1) is 4.92 Å². The van der Waals surface area contributed by atoms with Gasteiger partial charge in [0.25, 0.3) is 5.69 Å². The number of nitro groups is 1. The van der Waals surface area contributed by atoms with Crippen molar-refractivity contribution in [3.63, 3.8) is 0 Å². The van der Waals surface area contributed by atoms with E-state index in [0.717, 1.165) is 23.1 Å². The zero-order valence-corrected chi connectivity index (χ0v) is 11.0. The monoisotopic (exact) mass is 286 g/mol. The van der Waals surface area contributed by atoms with Crippen LogP contribution in [0.2, 0.25) is 0 Å². The van der Waals surface area contributed by atoms with Crippen LogP contribution in [0.4, 0.5) is 5.69 Å². The van der Waals surface area contributed by atoms with Gasteiger partial charge >= 0.3 is 0 Å². The van der Waals surface area contributed by atoms with E-state index >= 15 is 0 Å². The Morgan fingerprint density at radius 1 is 1.50 bits per heavy atom. The normalized spacial score (nSPS) is 10.8. The molecule has 0 spiro atoms. The summed E-state index contributed by atoms with van der Waals surface area (Å²) in [6, 6.07) is 4.83. The summed E-state index contributed by atoms with van der Waals surface area (Å²) >= 11 is 3.34. The molecule has 0 aliphatic rings. The maximum atomic E-state index is 10.5. The van der Waals surface area contributed by atoms with E-state index in [1.54, 1.807) is 6.07 Å². The third-order valence-corrected chi connectivity index (χ3v) is 2.85. The van der Waals surface area contributed by atoms with Gasteiger partial charge in [0.15, 0.2) is 0 Å². The first-order valence-electron chi connectivity index (χ1n) is 5.14. The van der Waals surface area contributed by atoms with Gasteiger partial charge in [0.2, 0.25) is 0 Å². The Kier molecular flexibility index (Phi) is 4.89.